The van der Waals surface area contributed by atoms with Crippen molar-refractivity contribution in [2.45, 2.75) is 26.0 Å². The van der Waals surface area contributed by atoms with Crippen LogP contribution in [0.15, 0.2) is 18.2 Å². The van der Waals surface area contributed by atoms with Gasteiger partial charge in [0.25, 0.3) is 0 Å². The van der Waals surface area contributed by atoms with E-state index in [1.807, 2.05) is 0 Å². The summed E-state index contributed by atoms with van der Waals surface area (Å²) in [6.07, 6.45) is 0. The van der Waals surface area contributed by atoms with Crippen LogP contribution in [0.2, 0.25) is 5.02 Å². The standard InChI is InChI=1S/C13H19ClN2O3S/c1-8(2)9(3)20(18,19)7-13(17)16-12-5-4-10(15)6-11(12)14/h4-6,8-9H,7,15H2,1-3H3,(H,16,17). The van der Waals surface area contributed by atoms with Gasteiger partial charge < -0.3 is 11.1 Å². The number of hydrogen-bond acceptors (Lipinski definition) is 4. The van der Waals surface area contributed by atoms with E-state index in [-0.39, 0.29) is 10.9 Å². The Morgan fingerprint density at radius 1 is 1.35 bits per heavy atom. The third-order valence-corrected chi connectivity index (χ3v) is 5.76. The number of nitrogen functional groups attached to an aromatic ring is 1. The number of carbonyl (C=O) groups is 1. The number of halogens is 1. The van der Waals surface area contributed by atoms with E-state index in [2.05, 4.69) is 5.32 Å². The van der Waals surface area contributed by atoms with Gasteiger partial charge in [-0.3, -0.25) is 4.79 Å². The summed E-state index contributed by atoms with van der Waals surface area (Å²) in [7, 11) is -3.48. The Labute approximate surface area is 124 Å². The highest BCUT2D eigenvalue weighted by Crippen LogP contribution is 2.24. The molecule has 0 saturated heterocycles. The van der Waals surface area contributed by atoms with Crippen molar-refractivity contribution in [2.75, 3.05) is 16.8 Å². The molecule has 20 heavy (non-hydrogen) atoms. The molecule has 0 fully saturated rings. The van der Waals surface area contributed by atoms with Gasteiger partial charge >= 0.3 is 0 Å². The molecule has 1 rings (SSSR count). The molecule has 0 saturated carbocycles. The van der Waals surface area contributed by atoms with E-state index in [4.69, 9.17) is 17.3 Å². The zero-order valence-electron chi connectivity index (χ0n) is 11.7. The monoisotopic (exact) mass is 318 g/mol. The lowest BCUT2D eigenvalue weighted by Crippen LogP contribution is -2.32. The highest BCUT2D eigenvalue weighted by Gasteiger charge is 2.26. The smallest absolute Gasteiger partial charge is 0.239 e. The quantitative estimate of drug-likeness (QED) is 0.815. The summed E-state index contributed by atoms with van der Waals surface area (Å²) in [6, 6.07) is 4.60. The maximum absolute atomic E-state index is 12.0. The molecule has 0 aliphatic carbocycles. The van der Waals surface area contributed by atoms with Crippen molar-refractivity contribution in [3.05, 3.63) is 23.2 Å². The lowest BCUT2D eigenvalue weighted by molar-refractivity contribution is -0.113. The third-order valence-electron chi connectivity index (χ3n) is 3.10. The lowest BCUT2D eigenvalue weighted by atomic mass is 10.2. The SMILES string of the molecule is CC(C)C(C)S(=O)(=O)CC(=O)Nc1ccc(N)cc1Cl. The van der Waals surface area contributed by atoms with Crippen LogP contribution in [-0.2, 0) is 14.6 Å². The minimum atomic E-state index is -3.48. The van der Waals surface area contributed by atoms with Gasteiger partial charge in [-0.2, -0.15) is 0 Å². The Kier molecular flexibility index (Phi) is 5.42. The van der Waals surface area contributed by atoms with Crippen LogP contribution in [0.5, 0.6) is 0 Å². The first kappa shape index (κ1) is 16.8. The molecular weight excluding hydrogens is 300 g/mol. The molecule has 5 nitrogen and oxygen atoms in total. The summed E-state index contributed by atoms with van der Waals surface area (Å²) in [5, 5.41) is 2.18. The number of rotatable bonds is 5. The topological polar surface area (TPSA) is 89.3 Å². The molecule has 0 spiro atoms. The lowest BCUT2D eigenvalue weighted by Gasteiger charge is -2.16. The first-order valence-corrected chi connectivity index (χ1v) is 8.29. The zero-order chi connectivity index (χ0) is 15.5. The predicted octanol–water partition coefficient (Wildman–Crippen LogP) is 2.32. The summed E-state index contributed by atoms with van der Waals surface area (Å²) in [5.74, 6) is -1.22. The van der Waals surface area contributed by atoms with Crippen LogP contribution in [0.4, 0.5) is 11.4 Å². The fraction of sp³-hybridized carbons (Fsp3) is 0.462. The summed E-state index contributed by atoms with van der Waals surface area (Å²) < 4.78 is 24.0. The number of anilines is 2. The third kappa shape index (κ3) is 4.38. The van der Waals surface area contributed by atoms with Crippen molar-refractivity contribution in [1.82, 2.24) is 0 Å². The fourth-order valence-electron chi connectivity index (χ4n) is 1.55. The first-order chi connectivity index (χ1) is 9.13. The minimum absolute atomic E-state index is 0.0482. The summed E-state index contributed by atoms with van der Waals surface area (Å²) >= 11 is 5.91. The molecule has 0 aliphatic rings. The maximum atomic E-state index is 12.0. The first-order valence-electron chi connectivity index (χ1n) is 6.20. The van der Waals surface area contributed by atoms with Crippen LogP contribution in [0.1, 0.15) is 20.8 Å². The number of amides is 1. The number of benzene rings is 1. The van der Waals surface area contributed by atoms with Crippen molar-refractivity contribution < 1.29 is 13.2 Å². The summed E-state index contributed by atoms with van der Waals surface area (Å²) in [5.41, 5.74) is 6.35. The molecule has 7 heteroatoms. The van der Waals surface area contributed by atoms with Crippen molar-refractivity contribution in [1.29, 1.82) is 0 Å². The number of nitrogens with one attached hydrogen (secondary N) is 1. The zero-order valence-corrected chi connectivity index (χ0v) is 13.3. The molecule has 0 aromatic heterocycles. The van der Waals surface area contributed by atoms with E-state index in [0.29, 0.717) is 11.4 Å². The summed E-state index contributed by atoms with van der Waals surface area (Å²) in [4.78, 5) is 11.8. The van der Waals surface area contributed by atoms with Crippen LogP contribution >= 0.6 is 11.6 Å². The minimum Gasteiger partial charge on any atom is -0.399 e. The largest absolute Gasteiger partial charge is 0.399 e. The van der Waals surface area contributed by atoms with E-state index in [0.717, 1.165) is 0 Å². The Bertz CT molecular complexity index is 600. The van der Waals surface area contributed by atoms with Crippen molar-refractivity contribution in [3.63, 3.8) is 0 Å². The van der Waals surface area contributed by atoms with Gasteiger partial charge in [0.15, 0.2) is 9.84 Å². The second kappa shape index (κ2) is 6.45. The van der Waals surface area contributed by atoms with Gasteiger partial charge in [-0.25, -0.2) is 8.42 Å². The second-order valence-corrected chi connectivity index (χ2v) is 7.81. The van der Waals surface area contributed by atoms with Crippen LogP contribution in [0.3, 0.4) is 0 Å². The Morgan fingerprint density at radius 3 is 2.45 bits per heavy atom. The van der Waals surface area contributed by atoms with Gasteiger partial charge in [0.2, 0.25) is 5.91 Å². The average molecular weight is 319 g/mol. The van der Waals surface area contributed by atoms with E-state index >= 15 is 0 Å². The van der Waals surface area contributed by atoms with E-state index in [1.165, 1.54) is 12.1 Å². The molecule has 1 aromatic carbocycles. The van der Waals surface area contributed by atoms with Crippen LogP contribution in [0, 0.1) is 5.92 Å². The number of nitrogens with two attached hydrogens (primary N) is 1. The molecule has 1 aromatic rings. The van der Waals surface area contributed by atoms with Crippen molar-refractivity contribution >= 4 is 38.7 Å². The van der Waals surface area contributed by atoms with E-state index < -0.39 is 26.7 Å². The molecule has 1 unspecified atom stereocenters. The summed E-state index contributed by atoms with van der Waals surface area (Å²) in [6.45, 7) is 5.21. The highest BCUT2D eigenvalue weighted by molar-refractivity contribution is 7.92. The number of sulfone groups is 1. The molecule has 0 aliphatic heterocycles. The van der Waals surface area contributed by atoms with Gasteiger partial charge in [0.1, 0.15) is 5.75 Å². The van der Waals surface area contributed by atoms with Gasteiger partial charge in [0.05, 0.1) is 16.0 Å². The second-order valence-electron chi connectivity index (χ2n) is 5.04. The number of carbonyl (C=O) groups excluding carboxylic acids is 1. The van der Waals surface area contributed by atoms with Crippen LogP contribution in [-0.4, -0.2) is 25.3 Å². The fourth-order valence-corrected chi connectivity index (χ4v) is 3.31. The van der Waals surface area contributed by atoms with Crippen LogP contribution in [0.25, 0.3) is 0 Å². The molecule has 0 radical (unpaired) electrons. The van der Waals surface area contributed by atoms with Crippen molar-refractivity contribution in [2.24, 2.45) is 5.92 Å². The van der Waals surface area contributed by atoms with E-state index in [1.54, 1.807) is 26.8 Å². The average Bonchev–Trinajstić information content (AvgIpc) is 2.31. The maximum Gasteiger partial charge on any atom is 0.239 e. The molecule has 3 N–H and O–H groups in total. The Morgan fingerprint density at radius 2 is 1.95 bits per heavy atom. The highest BCUT2D eigenvalue weighted by atomic mass is 35.5. The Hall–Kier alpha value is -1.27. The van der Waals surface area contributed by atoms with Crippen molar-refractivity contribution in [3.8, 4) is 0 Å². The Balaban J connectivity index is 2.78. The van der Waals surface area contributed by atoms with Gasteiger partial charge in [-0.05, 0) is 31.0 Å². The predicted molar refractivity (Wildman–Crippen MR) is 82.6 cm³/mol. The van der Waals surface area contributed by atoms with E-state index in [9.17, 15) is 13.2 Å². The normalized spacial score (nSPS) is 13.2. The molecule has 1 atom stereocenters. The number of hydrogen-bond donors (Lipinski definition) is 2. The molecule has 1 amide bonds. The molecule has 0 heterocycles. The molecule has 112 valence electrons. The van der Waals surface area contributed by atoms with Crippen LogP contribution < -0.4 is 11.1 Å². The molecular formula is C13H19ClN2O3S. The van der Waals surface area contributed by atoms with Gasteiger partial charge in [-0.1, -0.05) is 25.4 Å². The van der Waals surface area contributed by atoms with Gasteiger partial charge in [0, 0.05) is 5.69 Å². The van der Waals surface area contributed by atoms with Gasteiger partial charge in [-0.15, -0.1) is 0 Å². The molecule has 0 bridgehead atoms.